The number of carbonyl (C=O) groups is 4. The standard InChI is InChI=1S/C83H162O17P2/c1-9-76(8)62-54-46-37-31-25-19-14-16-20-26-32-38-47-55-63-80(85)93-69-78(99-82(87)65-57-49-39-33-27-21-12-10-11-17-23-29-35-43-51-59-73(2)3)71-97-101(89,90)95-67-77(84)68-96-102(91,92)98-72-79(70-94-81(86)64-56-48-42-41-45-53-61-75(6)7)100-83(88)66-58-50-40-34-28-22-15-13-18-24-30-36-44-52-60-74(4)5/h73-79,84H,9-72H2,1-8H3,(H,89,90)(H,91,92)/t76?,77-,78-,79-/m1/s1. The Morgan fingerprint density at radius 3 is 0.696 bits per heavy atom. The van der Waals surface area contributed by atoms with Crippen LogP contribution in [0.2, 0.25) is 0 Å². The molecule has 0 aliphatic heterocycles. The molecular weight excluding hydrogens is 1330 g/mol. The number of unbranched alkanes of at least 4 members (excludes halogenated alkanes) is 45. The van der Waals surface area contributed by atoms with Crippen molar-refractivity contribution in [3.05, 3.63) is 0 Å². The molecule has 0 saturated carbocycles. The SMILES string of the molecule is CCC(C)CCCCCCCCCCCCCCCCC(=O)OC[C@H](COP(=O)(O)OC[C@@H](O)COP(=O)(O)OC[C@@H](COC(=O)CCCCCCCCC(C)C)OC(=O)CCCCCCCCCCCCCCCCC(C)C)OC(=O)CCCCCCCCCCCCCCCCCC(C)C. The molecule has 0 aromatic heterocycles. The highest BCUT2D eigenvalue weighted by atomic mass is 31.2. The van der Waals surface area contributed by atoms with Gasteiger partial charge >= 0.3 is 39.5 Å². The van der Waals surface area contributed by atoms with E-state index >= 15 is 0 Å². The number of esters is 4. The van der Waals surface area contributed by atoms with Gasteiger partial charge in [-0.1, -0.05) is 376 Å². The Kier molecular flexibility index (Phi) is 70.6. The van der Waals surface area contributed by atoms with Gasteiger partial charge < -0.3 is 33.8 Å². The number of hydrogen-bond donors (Lipinski definition) is 3. The first-order chi connectivity index (χ1) is 49.1. The number of rotatable bonds is 80. The largest absolute Gasteiger partial charge is 0.472 e. The second-order valence-corrected chi connectivity index (χ2v) is 34.4. The van der Waals surface area contributed by atoms with Gasteiger partial charge in [-0.05, 0) is 49.4 Å². The number of hydrogen-bond acceptors (Lipinski definition) is 15. The molecule has 3 unspecified atom stereocenters. The highest BCUT2D eigenvalue weighted by molar-refractivity contribution is 7.47. The predicted octanol–water partition coefficient (Wildman–Crippen LogP) is 24.8. The number of carbonyl (C=O) groups excluding carboxylic acids is 4. The van der Waals surface area contributed by atoms with Crippen LogP contribution in [0.1, 0.15) is 428 Å². The van der Waals surface area contributed by atoms with Crippen LogP contribution in [0, 0.1) is 23.7 Å². The van der Waals surface area contributed by atoms with Crippen molar-refractivity contribution >= 4 is 39.5 Å². The summed E-state index contributed by atoms with van der Waals surface area (Å²) >= 11 is 0. The molecule has 0 heterocycles. The fourth-order valence-corrected chi connectivity index (χ4v) is 14.3. The molecule has 19 heteroatoms. The normalized spacial score (nSPS) is 14.3. The summed E-state index contributed by atoms with van der Waals surface area (Å²) in [5, 5.41) is 10.7. The van der Waals surface area contributed by atoms with Crippen LogP contribution in [-0.2, 0) is 65.4 Å². The lowest BCUT2D eigenvalue weighted by molar-refractivity contribution is -0.161. The summed E-state index contributed by atoms with van der Waals surface area (Å²) in [6.45, 7) is 14.3. The first-order valence-electron chi connectivity index (χ1n) is 42.7. The molecule has 606 valence electrons. The van der Waals surface area contributed by atoms with Gasteiger partial charge in [0.25, 0.3) is 0 Å². The van der Waals surface area contributed by atoms with E-state index in [0.717, 1.165) is 114 Å². The summed E-state index contributed by atoms with van der Waals surface area (Å²) in [5.41, 5.74) is 0. The van der Waals surface area contributed by atoms with Gasteiger partial charge in [0.1, 0.15) is 19.3 Å². The van der Waals surface area contributed by atoms with Crippen molar-refractivity contribution in [2.75, 3.05) is 39.6 Å². The minimum atomic E-state index is -4.96. The predicted molar refractivity (Wildman–Crippen MR) is 418 cm³/mol. The maximum atomic E-state index is 13.1. The second kappa shape index (κ2) is 72.0. The quantitative estimate of drug-likeness (QED) is 0.0222. The van der Waals surface area contributed by atoms with Crippen LogP contribution in [0.5, 0.6) is 0 Å². The number of aliphatic hydroxyl groups excluding tert-OH is 1. The zero-order valence-corrected chi connectivity index (χ0v) is 69.0. The Balaban J connectivity index is 5.23. The molecule has 0 aliphatic carbocycles. The van der Waals surface area contributed by atoms with E-state index in [0.29, 0.717) is 31.6 Å². The molecule has 0 aliphatic rings. The van der Waals surface area contributed by atoms with Crippen molar-refractivity contribution in [2.24, 2.45) is 23.7 Å². The van der Waals surface area contributed by atoms with Crippen LogP contribution in [0.4, 0.5) is 0 Å². The molecule has 0 aromatic carbocycles. The van der Waals surface area contributed by atoms with Gasteiger partial charge in [-0.25, -0.2) is 9.13 Å². The number of phosphoric ester groups is 2. The lowest BCUT2D eigenvalue weighted by atomic mass is 9.99. The number of aliphatic hydroxyl groups is 1. The molecule has 0 spiro atoms. The van der Waals surface area contributed by atoms with Gasteiger partial charge in [0.15, 0.2) is 12.2 Å². The average Bonchev–Trinajstić information content (AvgIpc) is 0.912. The third-order valence-corrected chi connectivity index (χ3v) is 21.6. The van der Waals surface area contributed by atoms with Crippen molar-refractivity contribution in [3.63, 3.8) is 0 Å². The van der Waals surface area contributed by atoms with E-state index in [1.165, 1.54) is 225 Å². The number of ether oxygens (including phenoxy) is 4. The molecule has 0 aromatic rings. The van der Waals surface area contributed by atoms with Crippen molar-refractivity contribution in [1.82, 2.24) is 0 Å². The lowest BCUT2D eigenvalue weighted by Gasteiger charge is -2.21. The maximum Gasteiger partial charge on any atom is 0.472 e. The molecule has 0 amide bonds. The Labute approximate surface area is 626 Å². The van der Waals surface area contributed by atoms with Crippen LogP contribution in [0.25, 0.3) is 0 Å². The van der Waals surface area contributed by atoms with Gasteiger partial charge in [0.2, 0.25) is 0 Å². The highest BCUT2D eigenvalue weighted by Gasteiger charge is 2.30. The molecule has 102 heavy (non-hydrogen) atoms. The molecule has 0 radical (unpaired) electrons. The van der Waals surface area contributed by atoms with Gasteiger partial charge in [-0.15, -0.1) is 0 Å². The van der Waals surface area contributed by atoms with E-state index in [9.17, 15) is 43.2 Å². The lowest BCUT2D eigenvalue weighted by Crippen LogP contribution is -2.30. The van der Waals surface area contributed by atoms with Crippen molar-refractivity contribution in [1.29, 1.82) is 0 Å². The van der Waals surface area contributed by atoms with E-state index in [2.05, 4.69) is 55.4 Å². The topological polar surface area (TPSA) is 237 Å². The Bertz CT molecular complexity index is 1990. The number of phosphoric acid groups is 2. The Morgan fingerprint density at radius 1 is 0.275 bits per heavy atom. The summed E-state index contributed by atoms with van der Waals surface area (Å²) in [6.07, 6.45) is 59.7. The first-order valence-corrected chi connectivity index (χ1v) is 45.7. The third-order valence-electron chi connectivity index (χ3n) is 19.7. The zero-order valence-electron chi connectivity index (χ0n) is 67.2. The van der Waals surface area contributed by atoms with Crippen LogP contribution in [0.15, 0.2) is 0 Å². The van der Waals surface area contributed by atoms with Crippen LogP contribution in [-0.4, -0.2) is 96.7 Å². The molecule has 0 bridgehead atoms. The highest BCUT2D eigenvalue weighted by Crippen LogP contribution is 2.45. The molecule has 0 saturated heterocycles. The second-order valence-electron chi connectivity index (χ2n) is 31.5. The molecule has 17 nitrogen and oxygen atoms in total. The summed E-state index contributed by atoms with van der Waals surface area (Å²) in [4.78, 5) is 73.1. The van der Waals surface area contributed by atoms with Gasteiger partial charge in [0.05, 0.1) is 26.4 Å². The van der Waals surface area contributed by atoms with E-state index < -0.39 is 97.5 Å². The first kappa shape index (κ1) is 100. The van der Waals surface area contributed by atoms with E-state index in [1.54, 1.807) is 0 Å². The summed E-state index contributed by atoms with van der Waals surface area (Å²) in [5.74, 6) is 1.01. The maximum absolute atomic E-state index is 13.1. The minimum absolute atomic E-state index is 0.106. The zero-order chi connectivity index (χ0) is 75.3. The fraction of sp³-hybridized carbons (Fsp3) is 0.952. The molecule has 0 fully saturated rings. The van der Waals surface area contributed by atoms with Crippen LogP contribution in [0.3, 0.4) is 0 Å². The molecule has 3 N–H and O–H groups in total. The summed E-state index contributed by atoms with van der Waals surface area (Å²) in [6, 6.07) is 0. The molecular formula is C83H162O17P2. The molecule has 6 atom stereocenters. The van der Waals surface area contributed by atoms with E-state index in [4.69, 9.17) is 37.0 Å². The van der Waals surface area contributed by atoms with Crippen molar-refractivity contribution in [2.45, 2.75) is 446 Å². The van der Waals surface area contributed by atoms with Gasteiger partial charge in [-0.2, -0.15) is 0 Å². The van der Waals surface area contributed by atoms with Gasteiger partial charge in [-0.3, -0.25) is 37.3 Å². The minimum Gasteiger partial charge on any atom is -0.462 e. The third kappa shape index (κ3) is 74.9. The van der Waals surface area contributed by atoms with Gasteiger partial charge in [0, 0.05) is 25.7 Å². The van der Waals surface area contributed by atoms with Crippen molar-refractivity contribution in [3.8, 4) is 0 Å². The fourth-order valence-electron chi connectivity index (χ4n) is 12.8. The average molecular weight is 1490 g/mol. The monoisotopic (exact) mass is 1490 g/mol. The van der Waals surface area contributed by atoms with E-state index in [1.807, 2.05) is 0 Å². The smallest absolute Gasteiger partial charge is 0.462 e. The summed E-state index contributed by atoms with van der Waals surface area (Å²) < 4.78 is 68.8. The van der Waals surface area contributed by atoms with Crippen LogP contribution >= 0.6 is 15.6 Å². The van der Waals surface area contributed by atoms with Crippen LogP contribution < -0.4 is 0 Å². The van der Waals surface area contributed by atoms with E-state index in [-0.39, 0.29) is 25.7 Å². The Hall–Kier alpha value is -1.94. The van der Waals surface area contributed by atoms with Crippen molar-refractivity contribution < 1.29 is 80.2 Å². The Morgan fingerprint density at radius 2 is 0.471 bits per heavy atom. The molecule has 0 rings (SSSR count). The summed E-state index contributed by atoms with van der Waals surface area (Å²) in [7, 11) is -9.92.